The van der Waals surface area contributed by atoms with Gasteiger partial charge >= 0.3 is 12.3 Å². The van der Waals surface area contributed by atoms with Gasteiger partial charge in [-0.2, -0.15) is 18.3 Å². The molecule has 1 aromatic rings. The molecule has 1 fully saturated rings. The number of hydrogen-bond donors (Lipinski definition) is 2. The molecular weight excluding hydrogens is 251 g/mol. The molecule has 8 heteroatoms. The van der Waals surface area contributed by atoms with E-state index in [0.717, 1.165) is 6.07 Å². The van der Waals surface area contributed by atoms with E-state index in [1.165, 1.54) is 4.90 Å². The highest BCUT2D eigenvalue weighted by Crippen LogP contribution is 2.32. The number of aromatic nitrogens is 2. The van der Waals surface area contributed by atoms with Gasteiger partial charge in [0.05, 0.1) is 0 Å². The van der Waals surface area contributed by atoms with Crippen LogP contribution in [0.5, 0.6) is 0 Å². The summed E-state index contributed by atoms with van der Waals surface area (Å²) in [5.74, 6) is -0.0933. The molecule has 1 aliphatic rings. The number of halogens is 3. The van der Waals surface area contributed by atoms with Gasteiger partial charge < -0.3 is 10.0 Å². The van der Waals surface area contributed by atoms with Crippen molar-refractivity contribution in [3.8, 4) is 0 Å². The molecule has 1 amide bonds. The van der Waals surface area contributed by atoms with E-state index in [1.807, 2.05) is 0 Å². The summed E-state index contributed by atoms with van der Waals surface area (Å²) in [6, 6.07) is 1.00. The van der Waals surface area contributed by atoms with Crippen LogP contribution in [0.3, 0.4) is 0 Å². The minimum Gasteiger partial charge on any atom is -0.465 e. The molecule has 1 aromatic heterocycles. The van der Waals surface area contributed by atoms with Gasteiger partial charge in [-0.05, 0) is 18.9 Å². The van der Waals surface area contributed by atoms with Crippen molar-refractivity contribution < 1.29 is 23.1 Å². The van der Waals surface area contributed by atoms with Crippen molar-refractivity contribution in [1.82, 2.24) is 15.1 Å². The molecule has 0 saturated carbocycles. The number of carboxylic acid groups (broad SMARTS) is 1. The van der Waals surface area contributed by atoms with Gasteiger partial charge in [0.25, 0.3) is 0 Å². The lowest BCUT2D eigenvalue weighted by Gasteiger charge is -2.29. The Morgan fingerprint density at radius 1 is 1.44 bits per heavy atom. The Hall–Kier alpha value is -1.73. The van der Waals surface area contributed by atoms with Crippen LogP contribution >= 0.6 is 0 Å². The van der Waals surface area contributed by atoms with Crippen LogP contribution in [0.2, 0.25) is 0 Å². The Morgan fingerprint density at radius 3 is 2.50 bits per heavy atom. The molecule has 2 heterocycles. The van der Waals surface area contributed by atoms with Crippen LogP contribution in [-0.2, 0) is 6.18 Å². The van der Waals surface area contributed by atoms with Crippen LogP contribution in [0.4, 0.5) is 18.0 Å². The maximum Gasteiger partial charge on any atom is 0.435 e. The summed E-state index contributed by atoms with van der Waals surface area (Å²) in [5.41, 5.74) is -0.509. The number of amides is 1. The first-order chi connectivity index (χ1) is 8.38. The summed E-state index contributed by atoms with van der Waals surface area (Å²) in [6.45, 7) is 0.667. The standard InChI is InChI=1S/C10H12F3N3O2/c11-10(12,13)8-5-7(14-15-8)6-1-3-16(4-2-6)9(17)18/h5-6H,1-4H2,(H,14,15)(H,17,18). The summed E-state index contributed by atoms with van der Waals surface area (Å²) in [4.78, 5) is 12.0. The number of likely N-dealkylation sites (tertiary alicyclic amines) is 1. The van der Waals surface area contributed by atoms with E-state index in [0.29, 0.717) is 31.6 Å². The van der Waals surface area contributed by atoms with Crippen molar-refractivity contribution in [3.63, 3.8) is 0 Å². The van der Waals surface area contributed by atoms with Gasteiger partial charge in [0, 0.05) is 24.7 Å². The van der Waals surface area contributed by atoms with E-state index < -0.39 is 18.0 Å². The van der Waals surface area contributed by atoms with Crippen molar-refractivity contribution in [2.75, 3.05) is 13.1 Å². The molecule has 0 radical (unpaired) electrons. The maximum absolute atomic E-state index is 12.4. The highest BCUT2D eigenvalue weighted by molar-refractivity contribution is 5.65. The van der Waals surface area contributed by atoms with Gasteiger partial charge in [-0.15, -0.1) is 0 Å². The van der Waals surface area contributed by atoms with Crippen molar-refractivity contribution >= 4 is 6.09 Å². The lowest BCUT2D eigenvalue weighted by atomic mass is 9.93. The quantitative estimate of drug-likeness (QED) is 0.816. The molecule has 0 spiro atoms. The third kappa shape index (κ3) is 2.57. The third-order valence-electron chi connectivity index (χ3n) is 3.09. The number of aromatic amines is 1. The van der Waals surface area contributed by atoms with Gasteiger partial charge in [0.2, 0.25) is 0 Å². The molecule has 2 N–H and O–H groups in total. The van der Waals surface area contributed by atoms with E-state index >= 15 is 0 Å². The first kappa shape index (κ1) is 12.7. The van der Waals surface area contributed by atoms with Crippen LogP contribution in [-0.4, -0.2) is 39.4 Å². The van der Waals surface area contributed by atoms with Crippen molar-refractivity contribution in [3.05, 3.63) is 17.5 Å². The smallest absolute Gasteiger partial charge is 0.435 e. The molecule has 18 heavy (non-hydrogen) atoms. The lowest BCUT2D eigenvalue weighted by molar-refractivity contribution is -0.141. The average Bonchev–Trinajstić information content (AvgIpc) is 2.78. The molecule has 100 valence electrons. The van der Waals surface area contributed by atoms with Gasteiger partial charge in [-0.25, -0.2) is 4.79 Å². The van der Waals surface area contributed by atoms with E-state index in [-0.39, 0.29) is 5.92 Å². The van der Waals surface area contributed by atoms with Crippen LogP contribution in [0.25, 0.3) is 0 Å². The zero-order valence-electron chi connectivity index (χ0n) is 9.37. The summed E-state index contributed by atoms with van der Waals surface area (Å²) in [5, 5.41) is 14.4. The second-order valence-corrected chi connectivity index (χ2v) is 4.25. The second-order valence-electron chi connectivity index (χ2n) is 4.25. The van der Waals surface area contributed by atoms with Gasteiger partial charge in [0.15, 0.2) is 5.69 Å². The first-order valence-electron chi connectivity index (χ1n) is 5.48. The molecule has 1 saturated heterocycles. The Bertz CT molecular complexity index is 436. The number of H-pyrrole nitrogens is 1. The van der Waals surface area contributed by atoms with Crippen molar-refractivity contribution in [1.29, 1.82) is 0 Å². The molecule has 0 aromatic carbocycles. The molecule has 0 bridgehead atoms. The summed E-state index contributed by atoms with van der Waals surface area (Å²) in [7, 11) is 0. The minimum absolute atomic E-state index is 0.0933. The molecular formula is C10H12F3N3O2. The molecule has 2 rings (SSSR count). The fraction of sp³-hybridized carbons (Fsp3) is 0.600. The van der Waals surface area contributed by atoms with E-state index in [4.69, 9.17) is 5.11 Å². The third-order valence-corrected chi connectivity index (χ3v) is 3.09. The minimum atomic E-state index is -4.45. The molecule has 1 aliphatic heterocycles. The number of piperidine rings is 1. The number of rotatable bonds is 1. The van der Waals surface area contributed by atoms with E-state index in [2.05, 4.69) is 10.2 Å². The van der Waals surface area contributed by atoms with E-state index in [9.17, 15) is 18.0 Å². The van der Waals surface area contributed by atoms with E-state index in [1.54, 1.807) is 0 Å². The predicted molar refractivity (Wildman–Crippen MR) is 55.2 cm³/mol. The topological polar surface area (TPSA) is 69.2 Å². The van der Waals surface area contributed by atoms with Crippen LogP contribution in [0.1, 0.15) is 30.1 Å². The van der Waals surface area contributed by atoms with Crippen LogP contribution in [0, 0.1) is 0 Å². The molecule has 0 aliphatic carbocycles. The summed E-state index contributed by atoms with van der Waals surface area (Å²) >= 11 is 0. The number of nitrogens with zero attached hydrogens (tertiary/aromatic N) is 2. The molecule has 5 nitrogen and oxygen atoms in total. The largest absolute Gasteiger partial charge is 0.465 e. The Morgan fingerprint density at radius 2 is 2.06 bits per heavy atom. The molecule has 0 atom stereocenters. The maximum atomic E-state index is 12.4. The van der Waals surface area contributed by atoms with Gasteiger partial charge in [0.1, 0.15) is 0 Å². The average molecular weight is 263 g/mol. The highest BCUT2D eigenvalue weighted by atomic mass is 19.4. The fourth-order valence-electron chi connectivity index (χ4n) is 2.07. The van der Waals surface area contributed by atoms with Gasteiger partial charge in [-0.3, -0.25) is 5.10 Å². The van der Waals surface area contributed by atoms with Crippen molar-refractivity contribution in [2.45, 2.75) is 24.9 Å². The van der Waals surface area contributed by atoms with Gasteiger partial charge in [-0.1, -0.05) is 0 Å². The normalized spacial score (nSPS) is 18.1. The first-order valence-corrected chi connectivity index (χ1v) is 5.48. The van der Waals surface area contributed by atoms with Crippen molar-refractivity contribution in [2.24, 2.45) is 0 Å². The Kier molecular flexibility index (Phi) is 3.18. The fourth-order valence-corrected chi connectivity index (χ4v) is 2.07. The zero-order valence-corrected chi connectivity index (χ0v) is 9.37. The number of carbonyl (C=O) groups is 1. The number of nitrogens with one attached hydrogen (secondary N) is 1. The second kappa shape index (κ2) is 4.51. The highest BCUT2D eigenvalue weighted by Gasteiger charge is 2.35. The summed E-state index contributed by atoms with van der Waals surface area (Å²) in [6.07, 6.45) is -4.43. The zero-order chi connectivity index (χ0) is 13.3. The Balaban J connectivity index is 2.02. The number of alkyl halides is 3. The van der Waals surface area contributed by atoms with Crippen LogP contribution in [0.15, 0.2) is 6.07 Å². The Labute approximate surface area is 101 Å². The summed E-state index contributed by atoms with van der Waals surface area (Å²) < 4.78 is 37.1. The SMILES string of the molecule is O=C(O)N1CCC(c2cc(C(F)(F)F)n[nH]2)CC1. The molecule has 0 unspecified atom stereocenters. The number of hydrogen-bond acceptors (Lipinski definition) is 2. The lowest BCUT2D eigenvalue weighted by Crippen LogP contribution is -2.36. The monoisotopic (exact) mass is 263 g/mol. The van der Waals surface area contributed by atoms with Crippen LogP contribution < -0.4 is 0 Å². The predicted octanol–water partition coefficient (Wildman–Crippen LogP) is 2.29.